The maximum atomic E-state index is 13.5. The van der Waals surface area contributed by atoms with Gasteiger partial charge in [-0.25, -0.2) is 4.98 Å². The summed E-state index contributed by atoms with van der Waals surface area (Å²) in [7, 11) is 1.40. The van der Waals surface area contributed by atoms with E-state index in [9.17, 15) is 41.9 Å². The highest BCUT2D eigenvalue weighted by Crippen LogP contribution is 2.36. The minimum atomic E-state index is -4.64. The molecular formula is C45H51F3N10O6. The predicted molar refractivity (Wildman–Crippen MR) is 231 cm³/mol. The summed E-state index contributed by atoms with van der Waals surface area (Å²) in [4.78, 5) is 89.8. The van der Waals surface area contributed by atoms with Gasteiger partial charge in [-0.15, -0.1) is 0 Å². The van der Waals surface area contributed by atoms with E-state index in [1.54, 1.807) is 29.3 Å². The summed E-state index contributed by atoms with van der Waals surface area (Å²) in [5, 5.41) is 17.5. The number of nitriles is 1. The van der Waals surface area contributed by atoms with Gasteiger partial charge in [-0.3, -0.25) is 33.8 Å². The molecule has 0 spiro atoms. The molecule has 338 valence electrons. The van der Waals surface area contributed by atoms with E-state index in [1.807, 2.05) is 11.0 Å². The molecule has 5 heterocycles. The van der Waals surface area contributed by atoms with Gasteiger partial charge in [0.25, 0.3) is 11.8 Å². The number of rotatable bonds is 14. The molecule has 0 saturated carbocycles. The molecule has 4 aliphatic heterocycles. The minimum Gasteiger partial charge on any atom is -0.376 e. The van der Waals surface area contributed by atoms with Crippen LogP contribution in [0, 0.1) is 23.2 Å². The number of carbonyl (C=O) groups is 6. The molecule has 2 aromatic carbocycles. The molecule has 3 fully saturated rings. The lowest BCUT2D eigenvalue weighted by atomic mass is 9.95. The molecule has 19 heteroatoms. The number of anilines is 4. The van der Waals surface area contributed by atoms with Gasteiger partial charge in [0.05, 0.1) is 46.8 Å². The van der Waals surface area contributed by atoms with Gasteiger partial charge in [-0.05, 0) is 86.6 Å². The number of fused-ring (bicyclic) bond motifs is 1. The Hall–Kier alpha value is -6.55. The number of piperidine rings is 2. The van der Waals surface area contributed by atoms with Gasteiger partial charge in [0.15, 0.2) is 0 Å². The van der Waals surface area contributed by atoms with E-state index < -0.39 is 41.1 Å². The Kier molecular flexibility index (Phi) is 14.1. The van der Waals surface area contributed by atoms with Crippen molar-refractivity contribution in [2.45, 2.75) is 50.7 Å². The summed E-state index contributed by atoms with van der Waals surface area (Å²) in [6.45, 7) is 6.16. The SMILES string of the molecule is CNC(=O)C(CCC=O)N1C(=O)c2ccc(NCC(=O)N3CCN(CC4CCN(c5ccc(NC(=O)C6CCN(c7ccc(C#N)c(C(F)(F)F)c7)CC6)nc5)CC4)CC3)cc2C1=O. The molecule has 1 unspecified atom stereocenters. The highest BCUT2D eigenvalue weighted by molar-refractivity contribution is 6.23. The van der Waals surface area contributed by atoms with Gasteiger partial charge >= 0.3 is 6.18 Å². The van der Waals surface area contributed by atoms with Crippen molar-refractivity contribution in [1.82, 2.24) is 25.0 Å². The van der Waals surface area contributed by atoms with Gasteiger partial charge in [-0.1, -0.05) is 0 Å². The topological polar surface area (TPSA) is 191 Å². The van der Waals surface area contributed by atoms with Crippen molar-refractivity contribution in [3.8, 4) is 6.07 Å². The van der Waals surface area contributed by atoms with Crippen LogP contribution in [0.1, 0.15) is 70.4 Å². The number of alkyl halides is 3. The Morgan fingerprint density at radius 1 is 0.875 bits per heavy atom. The Labute approximate surface area is 368 Å². The third-order valence-corrected chi connectivity index (χ3v) is 12.7. The summed E-state index contributed by atoms with van der Waals surface area (Å²) in [5.41, 5.74) is 0.744. The van der Waals surface area contributed by atoms with Crippen LogP contribution in [-0.4, -0.2) is 134 Å². The molecule has 0 radical (unpaired) electrons. The predicted octanol–water partition coefficient (Wildman–Crippen LogP) is 3.99. The fraction of sp³-hybridized carbons (Fsp3) is 0.467. The van der Waals surface area contributed by atoms with Gasteiger partial charge < -0.3 is 35.4 Å². The first-order chi connectivity index (χ1) is 30.8. The number of aromatic nitrogens is 1. The summed E-state index contributed by atoms with van der Waals surface area (Å²) < 4.78 is 40.4. The van der Waals surface area contributed by atoms with Crippen molar-refractivity contribution < 1.29 is 41.9 Å². The number of nitrogens with zero attached hydrogens (tertiary/aromatic N) is 7. The van der Waals surface area contributed by atoms with Gasteiger partial charge in [0.2, 0.25) is 17.7 Å². The lowest BCUT2D eigenvalue weighted by Gasteiger charge is -2.39. The lowest BCUT2D eigenvalue weighted by molar-refractivity contribution is -0.137. The van der Waals surface area contributed by atoms with Crippen LogP contribution in [0.3, 0.4) is 0 Å². The van der Waals surface area contributed by atoms with Gasteiger partial charge in [0.1, 0.15) is 18.1 Å². The van der Waals surface area contributed by atoms with Crippen LogP contribution in [0.2, 0.25) is 0 Å². The van der Waals surface area contributed by atoms with E-state index in [0.717, 1.165) is 62.2 Å². The molecule has 0 bridgehead atoms. The number of carbonyl (C=O) groups excluding carboxylic acids is 6. The number of nitrogens with one attached hydrogen (secondary N) is 3. The van der Waals surface area contributed by atoms with Crippen LogP contribution in [0.25, 0.3) is 0 Å². The second-order valence-electron chi connectivity index (χ2n) is 16.6. The molecule has 3 saturated heterocycles. The van der Waals surface area contributed by atoms with E-state index in [-0.39, 0.29) is 48.2 Å². The lowest BCUT2D eigenvalue weighted by Crippen LogP contribution is -2.51. The molecule has 5 amide bonds. The van der Waals surface area contributed by atoms with Gasteiger partial charge in [0, 0.05) is 89.7 Å². The molecule has 0 aliphatic carbocycles. The monoisotopic (exact) mass is 884 g/mol. The normalized spacial score (nSPS) is 18.0. The zero-order chi connectivity index (χ0) is 45.5. The van der Waals surface area contributed by atoms with Crippen molar-refractivity contribution in [3.05, 3.63) is 77.0 Å². The zero-order valence-electron chi connectivity index (χ0n) is 35.5. The van der Waals surface area contributed by atoms with E-state index in [1.165, 1.54) is 31.3 Å². The second kappa shape index (κ2) is 19.9. The zero-order valence-corrected chi connectivity index (χ0v) is 35.5. The number of benzene rings is 2. The number of aldehydes is 1. The summed E-state index contributed by atoms with van der Waals surface area (Å²) in [6, 6.07) is 12.6. The van der Waals surface area contributed by atoms with Crippen molar-refractivity contribution >= 4 is 58.7 Å². The molecular weight excluding hydrogens is 834 g/mol. The van der Waals surface area contributed by atoms with Crippen molar-refractivity contribution in [1.29, 1.82) is 5.26 Å². The molecule has 1 atom stereocenters. The molecule has 16 nitrogen and oxygen atoms in total. The van der Waals surface area contributed by atoms with Crippen LogP contribution in [0.5, 0.6) is 0 Å². The second-order valence-corrected chi connectivity index (χ2v) is 16.6. The van der Waals surface area contributed by atoms with E-state index in [2.05, 4.69) is 30.7 Å². The number of amides is 5. The van der Waals surface area contributed by atoms with Crippen LogP contribution in [0.4, 0.5) is 36.1 Å². The first-order valence-corrected chi connectivity index (χ1v) is 21.6. The summed E-state index contributed by atoms with van der Waals surface area (Å²) in [5.74, 6) is -1.39. The smallest absolute Gasteiger partial charge is 0.376 e. The molecule has 3 N–H and O–H groups in total. The van der Waals surface area contributed by atoms with Crippen LogP contribution in [-0.2, 0) is 25.4 Å². The first-order valence-electron chi connectivity index (χ1n) is 21.6. The number of pyridine rings is 1. The highest BCUT2D eigenvalue weighted by Gasteiger charge is 2.42. The maximum Gasteiger partial charge on any atom is 0.417 e. The first kappa shape index (κ1) is 45.5. The third kappa shape index (κ3) is 10.3. The Morgan fingerprint density at radius 3 is 2.19 bits per heavy atom. The Bertz CT molecular complexity index is 2280. The van der Waals surface area contributed by atoms with Crippen LogP contribution < -0.4 is 25.8 Å². The average Bonchev–Trinajstić information content (AvgIpc) is 3.55. The number of halogens is 3. The molecule has 64 heavy (non-hydrogen) atoms. The molecule has 4 aliphatic rings. The summed E-state index contributed by atoms with van der Waals surface area (Å²) in [6.07, 6.45) is 0.717. The van der Waals surface area contributed by atoms with Crippen molar-refractivity contribution in [3.63, 3.8) is 0 Å². The van der Waals surface area contributed by atoms with Crippen LogP contribution >= 0.6 is 0 Å². The molecule has 7 rings (SSSR count). The number of imide groups is 1. The standard InChI is InChI=1S/C45H51F3N10O6/c1-50-42(62)38(3-2-22-59)58-43(63)35-8-5-32(23-36(35)44(58)64)51-27-40(60)57-20-18-54(19-21-57)28-29-10-14-56(15-11-29)34-7-9-39(52-26-34)53-41(61)30-12-16-55(17-13-30)33-6-4-31(25-49)37(24-33)45(46,47)48/h4-9,22-24,26,29-30,38,51H,2-3,10-21,27-28H2,1H3,(H,50,62)(H,52,53,61). The molecule has 3 aromatic rings. The minimum absolute atomic E-state index is 0.00675. The number of hydrogen-bond donors (Lipinski definition) is 3. The molecule has 1 aromatic heterocycles. The Morgan fingerprint density at radius 2 is 1.55 bits per heavy atom. The maximum absolute atomic E-state index is 13.5. The largest absolute Gasteiger partial charge is 0.417 e. The van der Waals surface area contributed by atoms with Crippen LogP contribution in [0.15, 0.2) is 54.7 Å². The van der Waals surface area contributed by atoms with Gasteiger partial charge in [-0.2, -0.15) is 18.4 Å². The third-order valence-electron chi connectivity index (χ3n) is 12.7. The quantitative estimate of drug-likeness (QED) is 0.156. The number of piperazine rings is 1. The van der Waals surface area contributed by atoms with E-state index in [0.29, 0.717) is 68.4 Å². The Balaban J connectivity index is 0.802. The van der Waals surface area contributed by atoms with E-state index >= 15 is 0 Å². The van der Waals surface area contributed by atoms with Crippen molar-refractivity contribution in [2.75, 3.05) is 92.9 Å². The fourth-order valence-electron chi connectivity index (χ4n) is 8.97. The summed E-state index contributed by atoms with van der Waals surface area (Å²) >= 11 is 0. The number of likely N-dealkylation sites (N-methyl/N-ethyl adjacent to an activating group) is 1. The fourth-order valence-corrected chi connectivity index (χ4v) is 8.97. The van der Waals surface area contributed by atoms with Crippen molar-refractivity contribution in [2.24, 2.45) is 11.8 Å². The van der Waals surface area contributed by atoms with E-state index in [4.69, 9.17) is 5.26 Å². The number of hydrogen-bond acceptors (Lipinski definition) is 12. The average molecular weight is 885 g/mol. The highest BCUT2D eigenvalue weighted by atomic mass is 19.4.